The summed E-state index contributed by atoms with van der Waals surface area (Å²) in [6.07, 6.45) is 3.20. The number of benzene rings is 2. The molecule has 31 heavy (non-hydrogen) atoms. The van der Waals surface area contributed by atoms with Gasteiger partial charge in [0, 0.05) is 17.8 Å². The van der Waals surface area contributed by atoms with Gasteiger partial charge in [-0.15, -0.1) is 0 Å². The maximum Gasteiger partial charge on any atom is 0.255 e. The summed E-state index contributed by atoms with van der Waals surface area (Å²) in [7, 11) is -3.67. The van der Waals surface area contributed by atoms with Crippen molar-refractivity contribution in [3.63, 3.8) is 0 Å². The molecule has 1 heterocycles. The van der Waals surface area contributed by atoms with Crippen LogP contribution in [0.1, 0.15) is 55.2 Å². The molecule has 1 amide bonds. The van der Waals surface area contributed by atoms with Crippen molar-refractivity contribution in [3.05, 3.63) is 89.7 Å². The number of nitrogens with zero attached hydrogens (tertiary/aromatic N) is 1. The van der Waals surface area contributed by atoms with E-state index in [1.807, 2.05) is 12.1 Å². The van der Waals surface area contributed by atoms with Gasteiger partial charge in [0.2, 0.25) is 10.0 Å². The van der Waals surface area contributed by atoms with Crippen LogP contribution in [0.15, 0.2) is 78.0 Å². The summed E-state index contributed by atoms with van der Waals surface area (Å²) in [4.78, 5) is 16.5. The van der Waals surface area contributed by atoms with Gasteiger partial charge in [-0.3, -0.25) is 9.78 Å². The molecule has 2 aromatic carbocycles. The van der Waals surface area contributed by atoms with Crippen LogP contribution in [0.4, 0.5) is 5.69 Å². The van der Waals surface area contributed by atoms with E-state index >= 15 is 0 Å². The lowest BCUT2D eigenvalue weighted by Crippen LogP contribution is -2.27. The molecule has 1 unspecified atom stereocenters. The number of carbonyl (C=O) groups excluding carboxylic acids is 1. The Bertz CT molecular complexity index is 1140. The van der Waals surface area contributed by atoms with Crippen molar-refractivity contribution in [2.45, 2.75) is 44.0 Å². The molecule has 1 aromatic heterocycles. The molecule has 0 saturated heterocycles. The highest BCUT2D eigenvalue weighted by molar-refractivity contribution is 7.89. The fraction of sp³-hybridized carbons (Fsp3) is 0.250. The Kier molecular flexibility index (Phi) is 6.57. The maximum absolute atomic E-state index is 12.8. The molecule has 0 radical (unpaired) electrons. The van der Waals surface area contributed by atoms with Crippen LogP contribution in [0.3, 0.4) is 0 Å². The van der Waals surface area contributed by atoms with E-state index in [4.69, 9.17) is 0 Å². The fourth-order valence-electron chi connectivity index (χ4n) is 3.07. The lowest BCUT2D eigenvalue weighted by molar-refractivity contribution is 0.102. The molecule has 0 spiro atoms. The average molecular weight is 438 g/mol. The van der Waals surface area contributed by atoms with Crippen molar-refractivity contribution in [3.8, 4) is 0 Å². The van der Waals surface area contributed by atoms with Gasteiger partial charge in [0.25, 0.3) is 5.91 Å². The number of aromatic nitrogens is 1. The highest BCUT2D eigenvalue weighted by Gasteiger charge is 2.20. The number of sulfonamides is 1. The summed E-state index contributed by atoms with van der Waals surface area (Å²) < 4.78 is 28.2. The predicted molar refractivity (Wildman–Crippen MR) is 123 cm³/mol. The lowest BCUT2D eigenvalue weighted by atomic mass is 9.87. The second-order valence-corrected chi connectivity index (χ2v) is 10.1. The van der Waals surface area contributed by atoms with Gasteiger partial charge in [-0.05, 0) is 59.9 Å². The molecule has 3 aromatic rings. The molecule has 0 aliphatic rings. The molecule has 0 bridgehead atoms. The first-order valence-corrected chi connectivity index (χ1v) is 11.5. The van der Waals surface area contributed by atoms with E-state index in [0.29, 0.717) is 11.3 Å². The van der Waals surface area contributed by atoms with Gasteiger partial charge in [0.1, 0.15) is 0 Å². The van der Waals surface area contributed by atoms with Crippen molar-refractivity contribution in [1.82, 2.24) is 9.71 Å². The third-order valence-corrected chi connectivity index (χ3v) is 6.51. The van der Waals surface area contributed by atoms with Crippen LogP contribution in [0.25, 0.3) is 0 Å². The SMILES string of the molecule is CC(NS(=O)(=O)c1ccc(C(C)(C)C)cc1)c1ccc(C(=O)Nc2cccnc2)cc1. The van der Waals surface area contributed by atoms with E-state index in [1.165, 1.54) is 0 Å². The number of hydrogen-bond donors (Lipinski definition) is 2. The third-order valence-electron chi connectivity index (χ3n) is 4.95. The standard InChI is InChI=1S/C24H27N3O3S/c1-17(27-31(29,30)22-13-11-20(12-14-22)24(2,3)4)18-7-9-19(10-8-18)23(28)26-21-6-5-15-25-16-21/h5-17,27H,1-4H3,(H,26,28). The Labute approximate surface area is 183 Å². The molecule has 0 saturated carbocycles. The highest BCUT2D eigenvalue weighted by Crippen LogP contribution is 2.24. The van der Waals surface area contributed by atoms with Crippen molar-refractivity contribution < 1.29 is 13.2 Å². The Morgan fingerprint density at radius 1 is 0.968 bits per heavy atom. The Hall–Kier alpha value is -3.03. The summed E-state index contributed by atoms with van der Waals surface area (Å²) in [5.74, 6) is -0.258. The van der Waals surface area contributed by atoms with Gasteiger partial charge in [-0.25, -0.2) is 13.1 Å². The minimum atomic E-state index is -3.67. The van der Waals surface area contributed by atoms with E-state index in [2.05, 4.69) is 35.8 Å². The van der Waals surface area contributed by atoms with E-state index in [-0.39, 0.29) is 16.2 Å². The van der Waals surface area contributed by atoms with Crippen LogP contribution in [0.2, 0.25) is 0 Å². The lowest BCUT2D eigenvalue weighted by Gasteiger charge is -2.20. The van der Waals surface area contributed by atoms with Crippen molar-refractivity contribution >= 4 is 21.6 Å². The number of amides is 1. The van der Waals surface area contributed by atoms with Gasteiger partial charge in [0.15, 0.2) is 0 Å². The molecular formula is C24H27N3O3S. The largest absolute Gasteiger partial charge is 0.321 e. The van der Waals surface area contributed by atoms with Crippen LogP contribution >= 0.6 is 0 Å². The summed E-state index contributed by atoms with van der Waals surface area (Å²) in [5.41, 5.74) is 2.86. The zero-order chi connectivity index (χ0) is 22.6. The number of nitrogens with one attached hydrogen (secondary N) is 2. The predicted octanol–water partition coefficient (Wildman–Crippen LogP) is 4.67. The number of carbonyl (C=O) groups is 1. The van der Waals surface area contributed by atoms with Crippen LogP contribution < -0.4 is 10.0 Å². The number of anilines is 1. The molecule has 1 atom stereocenters. The second kappa shape index (κ2) is 8.99. The van der Waals surface area contributed by atoms with Gasteiger partial charge >= 0.3 is 0 Å². The molecule has 0 aliphatic carbocycles. The molecule has 2 N–H and O–H groups in total. The summed E-state index contributed by atoms with van der Waals surface area (Å²) in [6.45, 7) is 8.01. The van der Waals surface area contributed by atoms with Gasteiger partial charge in [-0.1, -0.05) is 45.0 Å². The van der Waals surface area contributed by atoms with E-state index in [0.717, 1.165) is 11.1 Å². The minimum absolute atomic E-state index is 0.0475. The van der Waals surface area contributed by atoms with Gasteiger partial charge in [-0.2, -0.15) is 0 Å². The topological polar surface area (TPSA) is 88.2 Å². The molecule has 0 aliphatic heterocycles. The second-order valence-electron chi connectivity index (χ2n) is 8.44. The first-order chi connectivity index (χ1) is 14.6. The molecule has 7 heteroatoms. The average Bonchev–Trinajstić information content (AvgIpc) is 2.74. The summed E-state index contributed by atoms with van der Waals surface area (Å²) in [5, 5.41) is 2.77. The van der Waals surface area contributed by atoms with Crippen molar-refractivity contribution in [2.75, 3.05) is 5.32 Å². The number of rotatable bonds is 6. The molecule has 0 fully saturated rings. The molecule has 6 nitrogen and oxygen atoms in total. The Balaban J connectivity index is 1.68. The number of hydrogen-bond acceptors (Lipinski definition) is 4. The smallest absolute Gasteiger partial charge is 0.255 e. The normalized spacial score (nSPS) is 12.9. The van der Waals surface area contributed by atoms with Crippen molar-refractivity contribution in [1.29, 1.82) is 0 Å². The highest BCUT2D eigenvalue weighted by atomic mass is 32.2. The number of pyridine rings is 1. The van der Waals surface area contributed by atoms with E-state index in [9.17, 15) is 13.2 Å². The Morgan fingerprint density at radius 3 is 2.16 bits per heavy atom. The zero-order valence-corrected chi connectivity index (χ0v) is 18.9. The van der Waals surface area contributed by atoms with Crippen LogP contribution in [-0.4, -0.2) is 19.3 Å². The van der Waals surface area contributed by atoms with E-state index < -0.39 is 16.1 Å². The van der Waals surface area contributed by atoms with Gasteiger partial charge < -0.3 is 5.32 Å². The molecular weight excluding hydrogens is 410 g/mol. The summed E-state index contributed by atoms with van der Waals surface area (Å²) >= 11 is 0. The maximum atomic E-state index is 12.8. The van der Waals surface area contributed by atoms with Crippen LogP contribution in [0, 0.1) is 0 Å². The monoisotopic (exact) mass is 437 g/mol. The quantitative estimate of drug-likeness (QED) is 0.586. The molecule has 162 valence electrons. The van der Waals surface area contributed by atoms with Crippen molar-refractivity contribution in [2.24, 2.45) is 0 Å². The first-order valence-electron chi connectivity index (χ1n) is 10.0. The molecule has 3 rings (SSSR count). The third kappa shape index (κ3) is 5.77. The Morgan fingerprint density at radius 2 is 1.61 bits per heavy atom. The first kappa shape index (κ1) is 22.7. The van der Waals surface area contributed by atoms with E-state index in [1.54, 1.807) is 67.8 Å². The summed E-state index contributed by atoms with van der Waals surface area (Å²) in [6, 6.07) is 16.8. The minimum Gasteiger partial charge on any atom is -0.321 e. The fourth-order valence-corrected chi connectivity index (χ4v) is 4.30. The van der Waals surface area contributed by atoms with Gasteiger partial charge in [0.05, 0.1) is 16.8 Å². The van der Waals surface area contributed by atoms with Crippen LogP contribution in [0.5, 0.6) is 0 Å². The van der Waals surface area contributed by atoms with Crippen LogP contribution in [-0.2, 0) is 15.4 Å². The zero-order valence-electron chi connectivity index (χ0n) is 18.1.